The van der Waals surface area contributed by atoms with Gasteiger partial charge in [-0.1, -0.05) is 12.1 Å². The molecule has 17 heavy (non-hydrogen) atoms. The highest BCUT2D eigenvalue weighted by Gasteiger charge is 2.32. The number of phenols is 2. The highest BCUT2D eigenvalue weighted by molar-refractivity contribution is 5.83. The molecule has 5 heteroatoms. The van der Waals surface area contributed by atoms with E-state index in [2.05, 4.69) is 11.3 Å². The van der Waals surface area contributed by atoms with E-state index in [0.717, 1.165) is 0 Å². The van der Waals surface area contributed by atoms with Crippen LogP contribution in [0.1, 0.15) is 5.56 Å². The lowest BCUT2D eigenvalue weighted by Gasteiger charge is -2.22. The monoisotopic (exact) mass is 237 g/mol. The highest BCUT2D eigenvalue weighted by atomic mass is 16.5. The van der Waals surface area contributed by atoms with Gasteiger partial charge in [0.15, 0.2) is 11.5 Å². The van der Waals surface area contributed by atoms with Gasteiger partial charge >= 0.3 is 5.97 Å². The summed E-state index contributed by atoms with van der Waals surface area (Å²) in [6.45, 7) is 3.50. The van der Waals surface area contributed by atoms with Gasteiger partial charge in [0.1, 0.15) is 5.54 Å². The third-order valence-corrected chi connectivity index (χ3v) is 2.47. The number of esters is 1. The summed E-state index contributed by atoms with van der Waals surface area (Å²) in [4.78, 5) is 11.5. The fraction of sp³-hybridized carbons (Fsp3) is 0.250. The van der Waals surface area contributed by atoms with E-state index >= 15 is 0 Å². The molecule has 0 unspecified atom stereocenters. The molecule has 1 aromatic carbocycles. The van der Waals surface area contributed by atoms with Crippen LogP contribution < -0.4 is 5.73 Å². The Morgan fingerprint density at radius 3 is 2.65 bits per heavy atom. The van der Waals surface area contributed by atoms with Crippen LogP contribution in [0, 0.1) is 0 Å². The van der Waals surface area contributed by atoms with Crippen molar-refractivity contribution in [3.63, 3.8) is 0 Å². The minimum atomic E-state index is -1.35. The van der Waals surface area contributed by atoms with Crippen molar-refractivity contribution in [2.45, 2.75) is 12.0 Å². The molecule has 0 bridgehead atoms. The molecule has 0 fully saturated rings. The fourth-order valence-electron chi connectivity index (χ4n) is 1.43. The molecule has 1 rings (SSSR count). The second kappa shape index (κ2) is 4.88. The first-order valence-electron chi connectivity index (χ1n) is 4.94. The van der Waals surface area contributed by atoms with E-state index in [1.54, 1.807) is 6.07 Å². The summed E-state index contributed by atoms with van der Waals surface area (Å²) in [6, 6.07) is 4.22. The van der Waals surface area contributed by atoms with Gasteiger partial charge in [0.2, 0.25) is 0 Å². The number of methoxy groups -OCH3 is 1. The number of phenolic OH excluding ortho intramolecular Hbond substituents is 2. The molecule has 1 aromatic rings. The lowest BCUT2D eigenvalue weighted by molar-refractivity contribution is -0.145. The van der Waals surface area contributed by atoms with Crippen molar-refractivity contribution in [3.8, 4) is 11.5 Å². The smallest absolute Gasteiger partial charge is 0.330 e. The van der Waals surface area contributed by atoms with Gasteiger partial charge in [-0.25, -0.2) is 4.79 Å². The molecule has 4 N–H and O–H groups in total. The number of ether oxygens (including phenoxy) is 1. The van der Waals surface area contributed by atoms with Crippen molar-refractivity contribution in [1.82, 2.24) is 0 Å². The van der Waals surface area contributed by atoms with E-state index in [1.807, 2.05) is 0 Å². The molecule has 0 aliphatic rings. The van der Waals surface area contributed by atoms with Gasteiger partial charge in [0.25, 0.3) is 0 Å². The summed E-state index contributed by atoms with van der Waals surface area (Å²) < 4.78 is 4.59. The van der Waals surface area contributed by atoms with E-state index in [-0.39, 0.29) is 17.9 Å². The third-order valence-electron chi connectivity index (χ3n) is 2.47. The van der Waals surface area contributed by atoms with Gasteiger partial charge < -0.3 is 20.7 Å². The van der Waals surface area contributed by atoms with Crippen LogP contribution in [0.5, 0.6) is 11.5 Å². The zero-order chi connectivity index (χ0) is 13.1. The average molecular weight is 237 g/mol. The van der Waals surface area contributed by atoms with Crippen LogP contribution in [0.3, 0.4) is 0 Å². The Bertz CT molecular complexity index is 444. The van der Waals surface area contributed by atoms with Crippen LogP contribution in [0.25, 0.3) is 0 Å². The molecule has 0 aromatic heterocycles. The zero-order valence-corrected chi connectivity index (χ0v) is 9.51. The normalized spacial score (nSPS) is 13.8. The Labute approximate surface area is 99.1 Å². The maximum Gasteiger partial charge on any atom is 0.330 e. The first-order chi connectivity index (χ1) is 7.92. The van der Waals surface area contributed by atoms with Crippen LogP contribution in [0.2, 0.25) is 0 Å². The third kappa shape index (κ3) is 2.76. The van der Waals surface area contributed by atoms with Gasteiger partial charge in [-0.3, -0.25) is 0 Å². The molecule has 0 amide bonds. The number of hydrogen-bond acceptors (Lipinski definition) is 5. The van der Waals surface area contributed by atoms with Gasteiger partial charge in [-0.15, -0.1) is 6.58 Å². The van der Waals surface area contributed by atoms with Gasteiger partial charge in [0, 0.05) is 6.42 Å². The number of aromatic hydroxyl groups is 2. The number of rotatable bonds is 4. The van der Waals surface area contributed by atoms with E-state index in [9.17, 15) is 9.90 Å². The quantitative estimate of drug-likeness (QED) is 0.407. The van der Waals surface area contributed by atoms with Gasteiger partial charge in [-0.2, -0.15) is 0 Å². The highest BCUT2D eigenvalue weighted by Crippen LogP contribution is 2.26. The van der Waals surface area contributed by atoms with Crippen LogP contribution >= 0.6 is 0 Å². The molecule has 92 valence electrons. The lowest BCUT2D eigenvalue weighted by atomic mass is 9.92. The molecule has 1 atom stereocenters. The van der Waals surface area contributed by atoms with Crippen molar-refractivity contribution in [1.29, 1.82) is 0 Å². The second-order valence-corrected chi connectivity index (χ2v) is 3.74. The minimum Gasteiger partial charge on any atom is -0.504 e. The van der Waals surface area contributed by atoms with Crippen molar-refractivity contribution in [3.05, 3.63) is 36.4 Å². The predicted octanol–water partition coefficient (Wildman–Crippen LogP) is 0.697. The summed E-state index contributed by atoms with van der Waals surface area (Å²) >= 11 is 0. The molecule has 0 aliphatic heterocycles. The molecular weight excluding hydrogens is 222 g/mol. The molecular formula is C12H15NO4. The molecule has 0 heterocycles. The minimum absolute atomic E-state index is 0.122. The first-order valence-corrected chi connectivity index (χ1v) is 4.94. The van der Waals surface area contributed by atoms with Crippen LogP contribution in [-0.4, -0.2) is 28.8 Å². The molecule has 0 saturated heterocycles. The predicted molar refractivity (Wildman–Crippen MR) is 62.6 cm³/mol. The average Bonchev–Trinajstić information content (AvgIpc) is 2.32. The topological polar surface area (TPSA) is 92.8 Å². The van der Waals surface area contributed by atoms with E-state index < -0.39 is 11.5 Å². The molecule has 0 spiro atoms. The summed E-state index contributed by atoms with van der Waals surface area (Å²) in [5, 5.41) is 18.5. The Morgan fingerprint density at radius 1 is 1.53 bits per heavy atom. The molecule has 0 saturated carbocycles. The Kier molecular flexibility index (Phi) is 3.75. The van der Waals surface area contributed by atoms with E-state index in [4.69, 9.17) is 10.8 Å². The summed E-state index contributed by atoms with van der Waals surface area (Å²) in [7, 11) is 1.24. The molecule has 5 nitrogen and oxygen atoms in total. The Morgan fingerprint density at radius 2 is 2.18 bits per heavy atom. The van der Waals surface area contributed by atoms with Crippen LogP contribution in [-0.2, 0) is 16.0 Å². The summed E-state index contributed by atoms with van der Waals surface area (Å²) in [5.74, 6) is -1.10. The number of benzene rings is 1. The van der Waals surface area contributed by atoms with Crippen LogP contribution in [0.4, 0.5) is 0 Å². The number of carbonyl (C=O) groups excluding carboxylic acids is 1. The maximum atomic E-state index is 11.5. The second-order valence-electron chi connectivity index (χ2n) is 3.74. The van der Waals surface area contributed by atoms with Crippen molar-refractivity contribution in [2.24, 2.45) is 5.73 Å². The Hall–Kier alpha value is -2.01. The Balaban J connectivity index is 2.99. The van der Waals surface area contributed by atoms with Gasteiger partial charge in [0.05, 0.1) is 7.11 Å². The van der Waals surface area contributed by atoms with Crippen molar-refractivity contribution >= 4 is 5.97 Å². The summed E-state index contributed by atoms with van der Waals surface area (Å²) in [6.07, 6.45) is 1.42. The lowest BCUT2D eigenvalue weighted by Crippen LogP contribution is -2.48. The van der Waals surface area contributed by atoms with Crippen molar-refractivity contribution in [2.75, 3.05) is 7.11 Å². The molecule has 0 aliphatic carbocycles. The van der Waals surface area contributed by atoms with Crippen molar-refractivity contribution < 1.29 is 19.7 Å². The summed E-state index contributed by atoms with van der Waals surface area (Å²) in [5.41, 5.74) is 5.08. The molecule has 0 radical (unpaired) electrons. The maximum absolute atomic E-state index is 11.5. The number of nitrogens with two attached hydrogens (primary N) is 1. The zero-order valence-electron chi connectivity index (χ0n) is 9.51. The number of carbonyl (C=O) groups is 1. The first kappa shape index (κ1) is 13.1. The van der Waals surface area contributed by atoms with Crippen LogP contribution in [0.15, 0.2) is 30.9 Å². The van der Waals surface area contributed by atoms with Gasteiger partial charge in [-0.05, 0) is 17.7 Å². The fourth-order valence-corrected chi connectivity index (χ4v) is 1.43. The largest absolute Gasteiger partial charge is 0.504 e. The SMILES string of the molecule is C=C[C@](N)(Cc1ccc(O)c(O)c1)C(=O)OC. The van der Waals surface area contributed by atoms with E-state index in [0.29, 0.717) is 5.56 Å². The number of hydrogen-bond donors (Lipinski definition) is 3. The van der Waals surface area contributed by atoms with E-state index in [1.165, 1.54) is 25.3 Å². The standard InChI is InChI=1S/C12H15NO4/c1-3-12(13,11(16)17-2)7-8-4-5-9(14)10(15)6-8/h3-6,14-15H,1,7,13H2,2H3/t12-/m0/s1.